The first-order valence-electron chi connectivity index (χ1n) is 8.96. The molecular formula is C18H25ClN4O2. The summed E-state index contributed by atoms with van der Waals surface area (Å²) in [6, 6.07) is 2.38. The number of rotatable bonds is 3. The number of amides is 1. The minimum absolute atomic E-state index is 0. The topological polar surface area (TPSA) is 94.0 Å². The fourth-order valence-electron chi connectivity index (χ4n) is 4.52. The second-order valence-electron chi connectivity index (χ2n) is 7.24. The van der Waals surface area contributed by atoms with E-state index in [1.54, 1.807) is 6.20 Å². The number of fused-ring (bicyclic) bond motifs is 3. The third-order valence-electron chi connectivity index (χ3n) is 5.68. The van der Waals surface area contributed by atoms with Gasteiger partial charge in [-0.05, 0) is 50.0 Å². The van der Waals surface area contributed by atoms with Crippen LogP contribution in [0.1, 0.15) is 55.1 Å². The largest absolute Gasteiger partial charge is 0.349 e. The van der Waals surface area contributed by atoms with Crippen molar-refractivity contribution in [1.82, 2.24) is 15.5 Å². The van der Waals surface area contributed by atoms with Gasteiger partial charge in [0.1, 0.15) is 0 Å². The minimum atomic E-state index is -0.0509. The van der Waals surface area contributed by atoms with Crippen LogP contribution < -0.4 is 11.1 Å². The van der Waals surface area contributed by atoms with Gasteiger partial charge >= 0.3 is 0 Å². The molecule has 2 aliphatic rings. The lowest BCUT2D eigenvalue weighted by atomic mass is 9.67. The van der Waals surface area contributed by atoms with Crippen LogP contribution in [0.3, 0.4) is 0 Å². The van der Waals surface area contributed by atoms with Gasteiger partial charge in [-0.2, -0.15) is 0 Å². The maximum absolute atomic E-state index is 12.8. The lowest BCUT2D eigenvalue weighted by molar-refractivity contribution is 0.0756. The van der Waals surface area contributed by atoms with Gasteiger partial charge < -0.3 is 15.6 Å². The van der Waals surface area contributed by atoms with Gasteiger partial charge in [0.2, 0.25) is 0 Å². The van der Waals surface area contributed by atoms with E-state index in [0.717, 1.165) is 43.2 Å². The first-order valence-corrected chi connectivity index (χ1v) is 8.96. The van der Waals surface area contributed by atoms with Gasteiger partial charge in [0, 0.05) is 18.3 Å². The molecule has 4 rings (SSSR count). The van der Waals surface area contributed by atoms with E-state index in [2.05, 4.69) is 15.5 Å². The van der Waals surface area contributed by atoms with Gasteiger partial charge in [-0.25, -0.2) is 4.98 Å². The number of hydrogen-bond acceptors (Lipinski definition) is 5. The van der Waals surface area contributed by atoms with Crippen molar-refractivity contribution in [3.63, 3.8) is 0 Å². The van der Waals surface area contributed by atoms with Crippen LogP contribution in [0.15, 0.2) is 16.8 Å². The van der Waals surface area contributed by atoms with E-state index >= 15 is 0 Å². The van der Waals surface area contributed by atoms with Crippen LogP contribution >= 0.6 is 12.4 Å². The Morgan fingerprint density at radius 2 is 2.08 bits per heavy atom. The number of carbonyl (C=O) groups is 1. The molecule has 2 saturated carbocycles. The average Bonchev–Trinajstić information content (AvgIpc) is 2.97. The molecule has 0 aromatic carbocycles. The van der Waals surface area contributed by atoms with Gasteiger partial charge in [-0.15, -0.1) is 12.4 Å². The normalized spacial score (nSPS) is 28.4. The maximum Gasteiger partial charge on any atom is 0.257 e. The smallest absolute Gasteiger partial charge is 0.257 e. The van der Waals surface area contributed by atoms with Gasteiger partial charge in [0.15, 0.2) is 0 Å². The number of hydrogen-bond donors (Lipinski definition) is 2. The van der Waals surface area contributed by atoms with Crippen molar-refractivity contribution in [2.45, 2.75) is 57.5 Å². The zero-order valence-electron chi connectivity index (χ0n) is 14.4. The first kappa shape index (κ1) is 18.1. The predicted molar refractivity (Wildman–Crippen MR) is 97.7 cm³/mol. The molecule has 0 saturated heterocycles. The molecule has 0 spiro atoms. The van der Waals surface area contributed by atoms with Crippen molar-refractivity contribution >= 4 is 29.4 Å². The van der Waals surface area contributed by atoms with Crippen molar-refractivity contribution in [1.29, 1.82) is 0 Å². The van der Waals surface area contributed by atoms with Gasteiger partial charge in [0.05, 0.1) is 16.6 Å². The van der Waals surface area contributed by atoms with Crippen LogP contribution in [-0.2, 0) is 6.42 Å². The highest BCUT2D eigenvalue weighted by atomic mass is 35.5. The summed E-state index contributed by atoms with van der Waals surface area (Å²) in [7, 11) is 0. The molecule has 7 heteroatoms. The van der Waals surface area contributed by atoms with Crippen molar-refractivity contribution in [2.24, 2.45) is 17.6 Å². The molecule has 0 radical (unpaired) electrons. The summed E-state index contributed by atoms with van der Waals surface area (Å²) < 4.78 is 5.19. The van der Waals surface area contributed by atoms with Crippen LogP contribution in [0.4, 0.5) is 0 Å². The fourth-order valence-corrected chi connectivity index (χ4v) is 4.52. The van der Waals surface area contributed by atoms with Crippen molar-refractivity contribution in [2.75, 3.05) is 0 Å². The standard InChI is InChI=1S/C18H24N4O2.ClH/c1-2-15-14-8-12(9-20-18(14)24-22-15)17(23)21-16-10-4-3-5-11(16)7-13(19)6-10;/h8-11,13,16H,2-7,19H2,1H3,(H,21,23);1H. The van der Waals surface area contributed by atoms with E-state index in [0.29, 0.717) is 23.1 Å². The molecule has 3 N–H and O–H groups in total. The van der Waals surface area contributed by atoms with E-state index in [1.165, 1.54) is 6.42 Å². The van der Waals surface area contributed by atoms with Crippen LogP contribution in [0.25, 0.3) is 11.1 Å². The highest BCUT2D eigenvalue weighted by Crippen LogP contribution is 2.39. The number of nitrogens with one attached hydrogen (secondary N) is 1. The van der Waals surface area contributed by atoms with Crippen molar-refractivity contribution < 1.29 is 9.32 Å². The third-order valence-corrected chi connectivity index (χ3v) is 5.68. The van der Waals surface area contributed by atoms with Gasteiger partial charge in [0.25, 0.3) is 11.6 Å². The number of halogens is 1. The molecule has 0 aliphatic heterocycles. The second-order valence-corrected chi connectivity index (χ2v) is 7.24. The third kappa shape index (κ3) is 3.37. The summed E-state index contributed by atoms with van der Waals surface area (Å²) in [6.45, 7) is 2.01. The molecule has 25 heavy (non-hydrogen) atoms. The Bertz CT molecular complexity index is 749. The Kier molecular flexibility index (Phi) is 5.29. The van der Waals surface area contributed by atoms with Crippen molar-refractivity contribution in [3.8, 4) is 0 Å². The average molecular weight is 365 g/mol. The maximum atomic E-state index is 12.8. The molecule has 136 valence electrons. The summed E-state index contributed by atoms with van der Waals surface area (Å²) in [4.78, 5) is 17.0. The zero-order chi connectivity index (χ0) is 16.7. The zero-order valence-corrected chi connectivity index (χ0v) is 15.2. The number of aromatic nitrogens is 2. The predicted octanol–water partition coefficient (Wildman–Crippen LogP) is 2.84. The molecule has 2 aliphatic carbocycles. The highest BCUT2D eigenvalue weighted by Gasteiger charge is 2.40. The summed E-state index contributed by atoms with van der Waals surface area (Å²) in [5.41, 5.74) is 8.08. The number of pyridine rings is 1. The molecule has 2 aromatic heterocycles. The van der Waals surface area contributed by atoms with E-state index in [-0.39, 0.29) is 30.4 Å². The van der Waals surface area contributed by atoms with E-state index < -0.39 is 0 Å². The van der Waals surface area contributed by atoms with E-state index in [1.807, 2.05) is 13.0 Å². The Hall–Kier alpha value is -1.66. The molecular weight excluding hydrogens is 340 g/mol. The number of aryl methyl sites for hydroxylation is 1. The summed E-state index contributed by atoms with van der Waals surface area (Å²) in [6.07, 6.45) is 7.95. The summed E-state index contributed by atoms with van der Waals surface area (Å²) in [5.74, 6) is 0.967. The Morgan fingerprint density at radius 1 is 1.36 bits per heavy atom. The van der Waals surface area contributed by atoms with Crippen LogP contribution in [0.2, 0.25) is 0 Å². The van der Waals surface area contributed by atoms with Crippen LogP contribution in [-0.4, -0.2) is 28.1 Å². The van der Waals surface area contributed by atoms with E-state index in [4.69, 9.17) is 10.3 Å². The summed E-state index contributed by atoms with van der Waals surface area (Å²) >= 11 is 0. The molecule has 1 amide bonds. The molecule has 2 unspecified atom stereocenters. The SMILES string of the molecule is CCc1noc2ncc(C(=O)NC3C4CCCC3CC(N)C4)cc12.Cl. The van der Waals surface area contributed by atoms with Gasteiger partial charge in [-0.3, -0.25) is 4.79 Å². The summed E-state index contributed by atoms with van der Waals surface area (Å²) in [5, 5.41) is 8.10. The van der Waals surface area contributed by atoms with Crippen molar-refractivity contribution in [3.05, 3.63) is 23.5 Å². The number of nitrogens with two attached hydrogens (primary N) is 1. The number of nitrogens with zero attached hydrogens (tertiary/aromatic N) is 2. The van der Waals surface area contributed by atoms with Gasteiger partial charge in [-0.1, -0.05) is 18.5 Å². The molecule has 2 bridgehead atoms. The highest BCUT2D eigenvalue weighted by molar-refractivity contribution is 5.97. The van der Waals surface area contributed by atoms with E-state index in [9.17, 15) is 4.79 Å². The second kappa shape index (κ2) is 7.30. The van der Waals surface area contributed by atoms with Crippen LogP contribution in [0.5, 0.6) is 0 Å². The molecule has 6 nitrogen and oxygen atoms in total. The number of carbonyl (C=O) groups excluding carboxylic acids is 1. The quantitative estimate of drug-likeness (QED) is 0.873. The Balaban J connectivity index is 0.00000182. The van der Waals surface area contributed by atoms with Crippen LogP contribution in [0, 0.1) is 11.8 Å². The molecule has 2 heterocycles. The Morgan fingerprint density at radius 3 is 2.76 bits per heavy atom. The minimum Gasteiger partial charge on any atom is -0.349 e. The lowest BCUT2D eigenvalue weighted by Gasteiger charge is -2.45. The lowest BCUT2D eigenvalue weighted by Crippen LogP contribution is -2.53. The monoisotopic (exact) mass is 364 g/mol. The molecule has 2 aromatic rings. The first-order chi connectivity index (χ1) is 11.7. The molecule has 2 atom stereocenters. The fraction of sp³-hybridized carbons (Fsp3) is 0.611. The Labute approximate surface area is 153 Å². The molecule has 2 fully saturated rings.